The molecule has 0 radical (unpaired) electrons. The third kappa shape index (κ3) is 7.64. The first-order valence-electron chi connectivity index (χ1n) is 12.5. The van der Waals surface area contributed by atoms with Gasteiger partial charge in [0.15, 0.2) is 17.5 Å². The van der Waals surface area contributed by atoms with Crippen molar-refractivity contribution in [3.8, 4) is 11.5 Å². The number of rotatable bonds is 11. The van der Waals surface area contributed by atoms with E-state index in [9.17, 15) is 31.1 Å². The molecule has 0 N–H and O–H groups in total. The largest absolute Gasteiger partial charge is 0.494 e. The zero-order chi connectivity index (χ0) is 30.4. The summed E-state index contributed by atoms with van der Waals surface area (Å²) in [5, 5.41) is -0.318. The Hall–Kier alpha value is -3.54. The highest BCUT2D eigenvalue weighted by molar-refractivity contribution is 7.27. The lowest BCUT2D eigenvalue weighted by atomic mass is 9.76. The average Bonchev–Trinajstić information content (AvgIpc) is 2.95. The van der Waals surface area contributed by atoms with Gasteiger partial charge < -0.3 is 23.5 Å². The van der Waals surface area contributed by atoms with Crippen molar-refractivity contribution in [2.24, 2.45) is 0 Å². The van der Waals surface area contributed by atoms with Crippen molar-refractivity contribution in [3.05, 3.63) is 95.6 Å². The Kier molecular flexibility index (Phi) is 10.2. The molecule has 42 heavy (non-hydrogen) atoms. The van der Waals surface area contributed by atoms with Gasteiger partial charge in [0.25, 0.3) is 0 Å². The van der Waals surface area contributed by atoms with Crippen LogP contribution in [0.4, 0.5) is 26.3 Å². The molecule has 1 aliphatic rings. The fourth-order valence-electron chi connectivity index (χ4n) is 4.09. The number of benzene rings is 3. The Morgan fingerprint density at radius 1 is 0.976 bits per heavy atom. The molecule has 1 aliphatic heterocycles. The first-order valence-corrected chi connectivity index (χ1v) is 13.1. The van der Waals surface area contributed by atoms with Crippen molar-refractivity contribution in [2.45, 2.75) is 18.4 Å². The van der Waals surface area contributed by atoms with Gasteiger partial charge in [-0.1, -0.05) is 24.8 Å². The van der Waals surface area contributed by atoms with E-state index in [1.54, 1.807) is 12.1 Å². The van der Waals surface area contributed by atoms with E-state index < -0.39 is 53.8 Å². The van der Waals surface area contributed by atoms with Gasteiger partial charge in [0, 0.05) is 43.8 Å². The molecular formula is C28H24BF6O6P. The number of halogens is 6. The highest BCUT2D eigenvalue weighted by Crippen LogP contribution is 2.34. The van der Waals surface area contributed by atoms with E-state index in [0.717, 1.165) is 17.7 Å². The minimum Gasteiger partial charge on any atom is -0.493 e. The summed E-state index contributed by atoms with van der Waals surface area (Å²) in [6.45, 7) is 4.25. The van der Waals surface area contributed by atoms with Crippen LogP contribution in [0.1, 0.15) is 23.5 Å². The fourth-order valence-corrected chi connectivity index (χ4v) is 4.59. The van der Waals surface area contributed by atoms with Crippen molar-refractivity contribution < 1.29 is 54.7 Å². The van der Waals surface area contributed by atoms with Gasteiger partial charge in [-0.15, -0.1) is 9.24 Å². The Morgan fingerprint density at radius 2 is 1.62 bits per heavy atom. The van der Waals surface area contributed by atoms with Gasteiger partial charge in [-0.3, -0.25) is 0 Å². The smallest absolute Gasteiger partial charge is 0.493 e. The maximum atomic E-state index is 14.9. The fraction of sp³-hybridized carbons (Fsp3) is 0.250. The standard InChI is InChI=1S/C28H24BF6O6P/c1-2-25(36)38-9-3-8-37-19-6-4-16(5-7-19)17-14-39-29(40-15-17)18-10-21(30)26(24(42)11-18)28(34,35)41-20-12-22(31)27(33)23(32)13-20/h2,4-7,10-13,17H,1,3,8-9,14-15,42H2. The average molecular weight is 612 g/mol. The molecule has 1 heterocycles. The third-order valence-corrected chi connectivity index (χ3v) is 6.58. The minimum absolute atomic E-state index is 0.122. The van der Waals surface area contributed by atoms with Crippen LogP contribution in [0, 0.1) is 23.3 Å². The lowest BCUT2D eigenvalue weighted by molar-refractivity contribution is -0.186. The van der Waals surface area contributed by atoms with Crippen LogP contribution in [0.5, 0.6) is 11.5 Å². The van der Waals surface area contributed by atoms with Crippen molar-refractivity contribution in [1.82, 2.24) is 0 Å². The minimum atomic E-state index is -4.36. The van der Waals surface area contributed by atoms with Crippen molar-refractivity contribution in [2.75, 3.05) is 26.4 Å². The molecule has 1 fully saturated rings. The molecule has 14 heteroatoms. The Labute approximate surface area is 239 Å². The van der Waals surface area contributed by atoms with Crippen molar-refractivity contribution in [3.63, 3.8) is 0 Å². The quantitative estimate of drug-likeness (QED) is 0.0585. The van der Waals surface area contributed by atoms with E-state index in [1.807, 2.05) is 21.4 Å². The molecule has 4 rings (SSSR count). The SMILES string of the molecule is C=CC(=O)OCCCOc1ccc(C2COB(c3cc(F)c(C(F)(F)Oc4cc(F)c(F)c(F)c4)c(P)c3)OC2)cc1. The molecule has 0 saturated carbocycles. The van der Waals surface area contributed by atoms with E-state index in [1.165, 1.54) is 6.07 Å². The summed E-state index contributed by atoms with van der Waals surface area (Å²) >= 11 is 0. The number of ether oxygens (including phenoxy) is 3. The predicted molar refractivity (Wildman–Crippen MR) is 144 cm³/mol. The van der Waals surface area contributed by atoms with Gasteiger partial charge in [0.1, 0.15) is 22.9 Å². The summed E-state index contributed by atoms with van der Waals surface area (Å²) in [6, 6.07) is 9.65. The maximum absolute atomic E-state index is 14.9. The summed E-state index contributed by atoms with van der Waals surface area (Å²) in [4.78, 5) is 11.0. The molecule has 0 aromatic heterocycles. The number of alkyl halides is 2. The molecular weight excluding hydrogens is 588 g/mol. The van der Waals surface area contributed by atoms with E-state index in [-0.39, 0.29) is 48.6 Å². The second kappa shape index (κ2) is 13.6. The van der Waals surface area contributed by atoms with Crippen LogP contribution in [0.25, 0.3) is 0 Å². The van der Waals surface area contributed by atoms with Gasteiger partial charge in [-0.25, -0.2) is 22.4 Å². The molecule has 1 atom stereocenters. The third-order valence-electron chi connectivity index (χ3n) is 6.13. The number of hydrogen-bond donors (Lipinski definition) is 0. The Bertz CT molecular complexity index is 1390. The molecule has 0 spiro atoms. The van der Waals surface area contributed by atoms with Crippen LogP contribution in [-0.2, 0) is 24.9 Å². The predicted octanol–water partition coefficient (Wildman–Crippen LogP) is 4.90. The monoisotopic (exact) mass is 612 g/mol. The van der Waals surface area contributed by atoms with Gasteiger partial charge >= 0.3 is 19.2 Å². The molecule has 0 aliphatic carbocycles. The van der Waals surface area contributed by atoms with Crippen LogP contribution < -0.4 is 20.2 Å². The van der Waals surface area contributed by atoms with Gasteiger partial charge in [-0.2, -0.15) is 8.78 Å². The first kappa shape index (κ1) is 31.4. The Balaban J connectivity index is 1.34. The highest BCUT2D eigenvalue weighted by atomic mass is 31.0. The zero-order valence-corrected chi connectivity index (χ0v) is 23.0. The van der Waals surface area contributed by atoms with Gasteiger partial charge in [-0.05, 0) is 34.5 Å². The number of carbonyl (C=O) groups excluding carboxylic acids is 1. The molecule has 1 unspecified atom stereocenters. The summed E-state index contributed by atoms with van der Waals surface area (Å²) in [5.41, 5.74) is -0.188. The van der Waals surface area contributed by atoms with Gasteiger partial charge in [0.2, 0.25) is 0 Å². The highest BCUT2D eigenvalue weighted by Gasteiger charge is 2.41. The van der Waals surface area contributed by atoms with E-state index >= 15 is 0 Å². The molecule has 3 aromatic carbocycles. The lowest BCUT2D eigenvalue weighted by Gasteiger charge is -2.28. The summed E-state index contributed by atoms with van der Waals surface area (Å²) in [5.74, 6) is -7.79. The van der Waals surface area contributed by atoms with Crippen LogP contribution >= 0.6 is 9.24 Å². The van der Waals surface area contributed by atoms with E-state index in [4.69, 9.17) is 18.8 Å². The van der Waals surface area contributed by atoms with Crippen molar-refractivity contribution in [1.29, 1.82) is 0 Å². The van der Waals surface area contributed by atoms with Gasteiger partial charge in [0.05, 0.1) is 13.2 Å². The summed E-state index contributed by atoms with van der Waals surface area (Å²) < 4.78 is 111. The topological polar surface area (TPSA) is 63.2 Å². The van der Waals surface area contributed by atoms with E-state index in [2.05, 4.69) is 11.3 Å². The van der Waals surface area contributed by atoms with Crippen LogP contribution in [0.3, 0.4) is 0 Å². The molecule has 6 nitrogen and oxygen atoms in total. The maximum Gasteiger partial charge on any atom is 0.494 e. The second-order valence-corrected chi connectivity index (χ2v) is 9.75. The molecule has 0 bridgehead atoms. The number of esters is 1. The van der Waals surface area contributed by atoms with Crippen LogP contribution in [-0.4, -0.2) is 39.5 Å². The van der Waals surface area contributed by atoms with Crippen LogP contribution in [0.2, 0.25) is 0 Å². The summed E-state index contributed by atoms with van der Waals surface area (Å²) in [7, 11) is 0.907. The first-order chi connectivity index (χ1) is 20.0. The Morgan fingerprint density at radius 3 is 2.21 bits per heavy atom. The van der Waals surface area contributed by atoms with Crippen LogP contribution in [0.15, 0.2) is 61.2 Å². The zero-order valence-electron chi connectivity index (χ0n) is 21.9. The molecule has 1 saturated heterocycles. The molecule has 3 aromatic rings. The number of carbonyl (C=O) groups is 1. The molecule has 222 valence electrons. The number of hydrogen-bond acceptors (Lipinski definition) is 6. The second-order valence-electron chi connectivity index (χ2n) is 9.12. The lowest BCUT2D eigenvalue weighted by Crippen LogP contribution is -2.45. The molecule has 0 amide bonds. The van der Waals surface area contributed by atoms with E-state index in [0.29, 0.717) is 18.8 Å². The normalized spacial score (nSPS) is 14.0. The van der Waals surface area contributed by atoms with Crippen molar-refractivity contribution >= 4 is 33.1 Å². The summed E-state index contributed by atoms with van der Waals surface area (Å²) in [6.07, 6.45) is -2.77.